The molecule has 0 saturated carbocycles. The van der Waals surface area contributed by atoms with E-state index in [2.05, 4.69) is 30.5 Å². The number of hydrogen-bond donors (Lipinski definition) is 2. The first-order valence-electron chi connectivity index (χ1n) is 10.1. The van der Waals surface area contributed by atoms with Crippen molar-refractivity contribution < 1.29 is 14.4 Å². The normalized spacial score (nSPS) is 10.6. The Bertz CT molecular complexity index is 1330. The van der Waals surface area contributed by atoms with Gasteiger partial charge in [0, 0.05) is 18.3 Å². The Morgan fingerprint density at radius 2 is 1.71 bits per heavy atom. The molecular formula is C22H19N7O3S2. The number of nitrogens with one attached hydrogen (secondary N) is 2. The summed E-state index contributed by atoms with van der Waals surface area (Å²) in [6.45, 7) is 1.87. The van der Waals surface area contributed by atoms with E-state index in [9.17, 15) is 14.4 Å². The highest BCUT2D eigenvalue weighted by atomic mass is 32.2. The highest BCUT2D eigenvalue weighted by Gasteiger charge is 2.25. The summed E-state index contributed by atoms with van der Waals surface area (Å²) in [5.41, 5.74) is 2.29. The second-order valence-corrected chi connectivity index (χ2v) is 9.08. The zero-order valence-corrected chi connectivity index (χ0v) is 19.8. The second kappa shape index (κ2) is 10.4. The van der Waals surface area contributed by atoms with E-state index in [1.807, 2.05) is 30.3 Å². The molecule has 2 aromatic heterocycles. The van der Waals surface area contributed by atoms with Crippen LogP contribution in [0.15, 0.2) is 63.8 Å². The monoisotopic (exact) mass is 493 g/mol. The minimum absolute atomic E-state index is 0.0621. The molecule has 2 heterocycles. The van der Waals surface area contributed by atoms with Crippen molar-refractivity contribution >= 4 is 46.6 Å². The summed E-state index contributed by atoms with van der Waals surface area (Å²) in [6, 6.07) is 16.2. The Labute approximate surface area is 202 Å². The van der Waals surface area contributed by atoms with Crippen molar-refractivity contribution in [3.8, 4) is 0 Å². The Balaban J connectivity index is 1.59. The Morgan fingerprint density at radius 1 is 0.971 bits per heavy atom. The molecule has 0 bridgehead atoms. The first kappa shape index (κ1) is 23.3. The average Bonchev–Trinajstić information content (AvgIpc) is 3.47. The molecule has 2 amide bonds. The molecular weight excluding hydrogens is 474 g/mol. The number of benzene rings is 2. The zero-order valence-electron chi connectivity index (χ0n) is 18.2. The molecule has 2 N–H and O–H groups in total. The molecule has 10 nitrogen and oxygen atoms in total. The lowest BCUT2D eigenvalue weighted by molar-refractivity contribution is 0.0953. The molecule has 172 valence electrons. The van der Waals surface area contributed by atoms with E-state index in [0.717, 1.165) is 28.9 Å². The van der Waals surface area contributed by atoms with Crippen LogP contribution in [0.4, 0.5) is 5.69 Å². The van der Waals surface area contributed by atoms with Crippen molar-refractivity contribution in [2.24, 2.45) is 0 Å². The molecule has 0 unspecified atom stereocenters. The Kier molecular flexibility index (Phi) is 7.09. The van der Waals surface area contributed by atoms with Crippen molar-refractivity contribution in [1.29, 1.82) is 0 Å². The van der Waals surface area contributed by atoms with Gasteiger partial charge in [-0.3, -0.25) is 14.4 Å². The van der Waals surface area contributed by atoms with E-state index in [0.29, 0.717) is 27.0 Å². The molecule has 0 aliphatic carbocycles. The van der Waals surface area contributed by atoms with Crippen molar-refractivity contribution in [1.82, 2.24) is 29.9 Å². The number of anilines is 1. The number of aromatic nitrogens is 5. The van der Waals surface area contributed by atoms with E-state index in [4.69, 9.17) is 0 Å². The largest absolute Gasteiger partial charge is 0.354 e. The minimum Gasteiger partial charge on any atom is -0.354 e. The summed E-state index contributed by atoms with van der Waals surface area (Å²) in [6.07, 6.45) is 0. The van der Waals surface area contributed by atoms with Gasteiger partial charge in [-0.1, -0.05) is 51.8 Å². The first-order chi connectivity index (χ1) is 16.5. The number of Topliss-reactive ketones (excluding diaryl/α,β-unsaturated/α-hetero) is 1. The standard InChI is InChI=1S/C22H19N7O3S2/c1-13(30)15-8-10-16(11-9-15)24-20(32)18-22(34-28-26-18)33-21-17(19(31)23-2)25-27-29(21)12-14-6-4-3-5-7-14/h3-11H,12H2,1-2H3,(H,23,31)(H,24,32). The number of amides is 2. The lowest BCUT2D eigenvalue weighted by Gasteiger charge is -2.08. The number of hydrogen-bond acceptors (Lipinski definition) is 9. The first-order valence-corrected chi connectivity index (χ1v) is 11.7. The fourth-order valence-corrected chi connectivity index (χ4v) is 4.72. The van der Waals surface area contributed by atoms with Crippen LogP contribution in [0.1, 0.15) is 43.8 Å². The molecule has 0 saturated heterocycles. The van der Waals surface area contributed by atoms with Gasteiger partial charge in [-0.05, 0) is 48.3 Å². The Hall–Kier alpha value is -3.90. The van der Waals surface area contributed by atoms with Crippen LogP contribution in [0.5, 0.6) is 0 Å². The van der Waals surface area contributed by atoms with E-state index in [1.165, 1.54) is 14.0 Å². The lowest BCUT2D eigenvalue weighted by Crippen LogP contribution is -2.19. The molecule has 0 atom stereocenters. The number of carbonyl (C=O) groups is 3. The molecule has 0 aliphatic heterocycles. The molecule has 0 aliphatic rings. The van der Waals surface area contributed by atoms with Gasteiger partial charge in [0.1, 0.15) is 9.24 Å². The topological polar surface area (TPSA) is 132 Å². The minimum atomic E-state index is -0.463. The van der Waals surface area contributed by atoms with Crippen molar-refractivity contribution in [2.75, 3.05) is 12.4 Å². The highest BCUT2D eigenvalue weighted by Crippen LogP contribution is 2.34. The molecule has 0 fully saturated rings. The van der Waals surface area contributed by atoms with Gasteiger partial charge in [0.05, 0.1) is 6.54 Å². The fraction of sp³-hybridized carbons (Fsp3) is 0.136. The van der Waals surface area contributed by atoms with Gasteiger partial charge >= 0.3 is 0 Å². The van der Waals surface area contributed by atoms with E-state index in [1.54, 1.807) is 28.9 Å². The van der Waals surface area contributed by atoms with Gasteiger partial charge in [-0.2, -0.15) is 0 Å². The SMILES string of the molecule is CNC(=O)c1nnn(Cc2ccccc2)c1Sc1snnc1C(=O)Nc1ccc(C(C)=O)cc1. The fourth-order valence-electron chi connectivity index (χ4n) is 2.98. The third-order valence-electron chi connectivity index (χ3n) is 4.72. The van der Waals surface area contributed by atoms with Crippen molar-refractivity contribution in [3.63, 3.8) is 0 Å². The molecule has 0 spiro atoms. The van der Waals surface area contributed by atoms with E-state index < -0.39 is 11.8 Å². The lowest BCUT2D eigenvalue weighted by atomic mass is 10.1. The van der Waals surface area contributed by atoms with Gasteiger partial charge in [0.2, 0.25) is 0 Å². The van der Waals surface area contributed by atoms with Gasteiger partial charge in [-0.25, -0.2) is 4.68 Å². The van der Waals surface area contributed by atoms with Crippen LogP contribution < -0.4 is 10.6 Å². The van der Waals surface area contributed by atoms with Crippen LogP contribution >= 0.6 is 23.3 Å². The summed E-state index contributed by atoms with van der Waals surface area (Å²) >= 11 is 2.19. The molecule has 4 aromatic rings. The second-order valence-electron chi connectivity index (χ2n) is 7.06. The third kappa shape index (κ3) is 5.18. The summed E-state index contributed by atoms with van der Waals surface area (Å²) in [7, 11) is 1.51. The van der Waals surface area contributed by atoms with E-state index >= 15 is 0 Å². The molecule has 0 radical (unpaired) electrons. The summed E-state index contributed by atoms with van der Waals surface area (Å²) in [4.78, 5) is 36.7. The molecule has 2 aromatic carbocycles. The molecule has 12 heteroatoms. The van der Waals surface area contributed by atoms with Gasteiger partial charge in [-0.15, -0.1) is 10.2 Å². The van der Waals surface area contributed by atoms with Crippen LogP contribution in [0.2, 0.25) is 0 Å². The van der Waals surface area contributed by atoms with Crippen LogP contribution in [-0.2, 0) is 6.54 Å². The third-order valence-corrected chi connectivity index (χ3v) is 6.69. The summed E-state index contributed by atoms with van der Waals surface area (Å²) < 4.78 is 6.02. The number of carbonyl (C=O) groups excluding carboxylic acids is 3. The number of rotatable bonds is 8. The predicted octanol–water partition coefficient (Wildman–Crippen LogP) is 3.14. The van der Waals surface area contributed by atoms with Crippen molar-refractivity contribution in [3.05, 3.63) is 77.1 Å². The number of nitrogens with zero attached hydrogens (tertiary/aromatic N) is 5. The number of ketones is 1. The highest BCUT2D eigenvalue weighted by molar-refractivity contribution is 8.01. The summed E-state index contributed by atoms with van der Waals surface area (Å²) in [5, 5.41) is 18.0. The van der Waals surface area contributed by atoms with Gasteiger partial charge in [0.15, 0.2) is 17.2 Å². The van der Waals surface area contributed by atoms with Crippen LogP contribution in [-0.4, -0.2) is 49.2 Å². The maximum Gasteiger partial charge on any atom is 0.278 e. The zero-order chi connectivity index (χ0) is 24.1. The smallest absolute Gasteiger partial charge is 0.278 e. The predicted molar refractivity (Wildman–Crippen MR) is 127 cm³/mol. The average molecular weight is 494 g/mol. The summed E-state index contributed by atoms with van der Waals surface area (Å²) in [5.74, 6) is -0.917. The molecule has 34 heavy (non-hydrogen) atoms. The van der Waals surface area contributed by atoms with E-state index in [-0.39, 0.29) is 17.2 Å². The quantitative estimate of drug-likeness (QED) is 0.358. The van der Waals surface area contributed by atoms with Gasteiger partial charge in [0.25, 0.3) is 11.8 Å². The molecule has 4 rings (SSSR count). The van der Waals surface area contributed by atoms with Gasteiger partial charge < -0.3 is 10.6 Å². The maximum atomic E-state index is 12.9. The van der Waals surface area contributed by atoms with Crippen LogP contribution in [0, 0.1) is 0 Å². The Morgan fingerprint density at radius 3 is 2.38 bits per heavy atom. The van der Waals surface area contributed by atoms with Crippen LogP contribution in [0.3, 0.4) is 0 Å². The van der Waals surface area contributed by atoms with Crippen LogP contribution in [0.25, 0.3) is 0 Å². The van der Waals surface area contributed by atoms with Crippen molar-refractivity contribution in [2.45, 2.75) is 22.7 Å². The maximum absolute atomic E-state index is 12.9.